The van der Waals surface area contributed by atoms with E-state index in [0.717, 1.165) is 12.1 Å². The van der Waals surface area contributed by atoms with Gasteiger partial charge in [-0.3, -0.25) is 4.79 Å². The van der Waals surface area contributed by atoms with Crippen LogP contribution in [0.15, 0.2) is 6.07 Å². The summed E-state index contributed by atoms with van der Waals surface area (Å²) >= 11 is 0. The molecule has 0 aliphatic heterocycles. The van der Waals surface area contributed by atoms with Crippen LogP contribution in [0.4, 0.5) is 0 Å². The van der Waals surface area contributed by atoms with Crippen molar-refractivity contribution in [3.63, 3.8) is 0 Å². The SMILES string of the molecule is CCCOCC(=O)c1cc(C)nnc1C. The molecule has 0 aromatic carbocycles. The lowest BCUT2D eigenvalue weighted by Gasteiger charge is -2.04. The standard InChI is InChI=1S/C11H16N2O2/c1-4-5-15-7-11(14)10-6-8(2)12-13-9(10)3/h6H,4-5,7H2,1-3H3. The lowest BCUT2D eigenvalue weighted by atomic mass is 10.1. The van der Waals surface area contributed by atoms with Gasteiger partial charge in [-0.15, -0.1) is 0 Å². The summed E-state index contributed by atoms with van der Waals surface area (Å²) in [5.41, 5.74) is 2.02. The highest BCUT2D eigenvalue weighted by atomic mass is 16.5. The average Bonchev–Trinajstić information content (AvgIpc) is 2.22. The van der Waals surface area contributed by atoms with Crippen molar-refractivity contribution < 1.29 is 9.53 Å². The fourth-order valence-electron chi connectivity index (χ4n) is 1.22. The van der Waals surface area contributed by atoms with Crippen LogP contribution >= 0.6 is 0 Å². The van der Waals surface area contributed by atoms with Gasteiger partial charge in [0, 0.05) is 12.2 Å². The molecule has 1 aromatic rings. The summed E-state index contributed by atoms with van der Waals surface area (Å²) in [4.78, 5) is 11.7. The van der Waals surface area contributed by atoms with Crippen molar-refractivity contribution in [2.75, 3.05) is 13.2 Å². The highest BCUT2D eigenvalue weighted by Gasteiger charge is 2.10. The number of aryl methyl sites for hydroxylation is 2. The van der Waals surface area contributed by atoms with E-state index in [1.807, 2.05) is 13.8 Å². The Morgan fingerprint density at radius 1 is 1.40 bits per heavy atom. The van der Waals surface area contributed by atoms with Gasteiger partial charge >= 0.3 is 0 Å². The van der Waals surface area contributed by atoms with Crippen LogP contribution in [0.2, 0.25) is 0 Å². The van der Waals surface area contributed by atoms with Crippen LogP contribution in [0.5, 0.6) is 0 Å². The summed E-state index contributed by atoms with van der Waals surface area (Å²) in [5, 5.41) is 7.78. The molecule has 82 valence electrons. The lowest BCUT2D eigenvalue weighted by molar-refractivity contribution is 0.0760. The van der Waals surface area contributed by atoms with Gasteiger partial charge in [-0.25, -0.2) is 0 Å². The van der Waals surface area contributed by atoms with Gasteiger partial charge in [0.25, 0.3) is 0 Å². The Labute approximate surface area is 89.7 Å². The normalized spacial score (nSPS) is 10.3. The molecule has 0 unspecified atom stereocenters. The van der Waals surface area contributed by atoms with Crippen molar-refractivity contribution in [1.82, 2.24) is 10.2 Å². The largest absolute Gasteiger partial charge is 0.373 e. The Bertz CT molecular complexity index is 350. The molecule has 0 amide bonds. The smallest absolute Gasteiger partial charge is 0.190 e. The van der Waals surface area contributed by atoms with Crippen LogP contribution in [0, 0.1) is 13.8 Å². The number of rotatable bonds is 5. The minimum absolute atomic E-state index is 0.0287. The fraction of sp³-hybridized carbons (Fsp3) is 0.545. The van der Waals surface area contributed by atoms with Gasteiger partial charge in [0.15, 0.2) is 5.78 Å². The Kier molecular flexibility index (Phi) is 4.37. The topological polar surface area (TPSA) is 52.1 Å². The first-order valence-electron chi connectivity index (χ1n) is 5.07. The van der Waals surface area contributed by atoms with E-state index in [2.05, 4.69) is 10.2 Å². The molecule has 1 heterocycles. The van der Waals surface area contributed by atoms with Gasteiger partial charge in [-0.05, 0) is 26.3 Å². The maximum Gasteiger partial charge on any atom is 0.190 e. The predicted octanol–water partition coefficient (Wildman–Crippen LogP) is 1.70. The van der Waals surface area contributed by atoms with E-state index in [1.165, 1.54) is 0 Å². The molecule has 0 spiro atoms. The molecule has 15 heavy (non-hydrogen) atoms. The van der Waals surface area contributed by atoms with E-state index < -0.39 is 0 Å². The summed E-state index contributed by atoms with van der Waals surface area (Å²) < 4.78 is 5.20. The fourth-order valence-corrected chi connectivity index (χ4v) is 1.22. The second kappa shape index (κ2) is 5.56. The first-order chi connectivity index (χ1) is 7.15. The van der Waals surface area contributed by atoms with Gasteiger partial charge in [0.1, 0.15) is 6.61 Å². The third-order valence-corrected chi connectivity index (χ3v) is 1.98. The van der Waals surface area contributed by atoms with Crippen LogP contribution < -0.4 is 0 Å². The monoisotopic (exact) mass is 208 g/mol. The van der Waals surface area contributed by atoms with Crippen molar-refractivity contribution in [3.05, 3.63) is 23.0 Å². The van der Waals surface area contributed by atoms with E-state index in [4.69, 9.17) is 4.74 Å². The van der Waals surface area contributed by atoms with Crippen LogP contribution in [-0.2, 0) is 4.74 Å². The maximum atomic E-state index is 11.7. The van der Waals surface area contributed by atoms with Crippen molar-refractivity contribution in [1.29, 1.82) is 0 Å². The minimum Gasteiger partial charge on any atom is -0.373 e. The Morgan fingerprint density at radius 3 is 2.80 bits per heavy atom. The number of ketones is 1. The van der Waals surface area contributed by atoms with Crippen LogP contribution in [-0.4, -0.2) is 29.2 Å². The molecule has 4 nitrogen and oxygen atoms in total. The number of carbonyl (C=O) groups excluding carboxylic acids is 1. The molecule has 0 fully saturated rings. The molecular weight excluding hydrogens is 192 g/mol. The second-order valence-corrected chi connectivity index (χ2v) is 3.46. The summed E-state index contributed by atoms with van der Waals surface area (Å²) in [6, 6.07) is 1.75. The molecular formula is C11H16N2O2. The van der Waals surface area contributed by atoms with Gasteiger partial charge in [0.05, 0.1) is 11.4 Å². The average molecular weight is 208 g/mol. The zero-order valence-corrected chi connectivity index (χ0v) is 9.41. The van der Waals surface area contributed by atoms with E-state index in [-0.39, 0.29) is 12.4 Å². The van der Waals surface area contributed by atoms with Gasteiger partial charge in [-0.2, -0.15) is 10.2 Å². The zero-order valence-electron chi connectivity index (χ0n) is 9.41. The molecule has 0 saturated carbocycles. The number of ether oxygens (including phenoxy) is 1. The first kappa shape index (κ1) is 11.8. The third-order valence-electron chi connectivity index (χ3n) is 1.98. The molecule has 1 aromatic heterocycles. The summed E-state index contributed by atoms with van der Waals surface area (Å²) in [5.74, 6) is -0.0287. The second-order valence-electron chi connectivity index (χ2n) is 3.46. The van der Waals surface area contributed by atoms with Crippen LogP contribution in [0.3, 0.4) is 0 Å². The lowest BCUT2D eigenvalue weighted by Crippen LogP contribution is -2.12. The predicted molar refractivity (Wildman–Crippen MR) is 56.9 cm³/mol. The molecule has 1 rings (SSSR count). The molecule has 0 radical (unpaired) electrons. The number of Topliss-reactive ketones (excluding diaryl/α,β-unsaturated/α-hetero) is 1. The highest BCUT2D eigenvalue weighted by molar-refractivity contribution is 5.98. The van der Waals surface area contributed by atoms with Crippen LogP contribution in [0.25, 0.3) is 0 Å². The van der Waals surface area contributed by atoms with Crippen molar-refractivity contribution >= 4 is 5.78 Å². The van der Waals surface area contributed by atoms with E-state index in [1.54, 1.807) is 13.0 Å². The van der Waals surface area contributed by atoms with Crippen molar-refractivity contribution in [3.8, 4) is 0 Å². The minimum atomic E-state index is -0.0287. The number of nitrogens with zero attached hydrogens (tertiary/aromatic N) is 2. The maximum absolute atomic E-state index is 11.7. The highest BCUT2D eigenvalue weighted by Crippen LogP contribution is 2.06. The number of carbonyl (C=O) groups is 1. The number of hydrogen-bond donors (Lipinski definition) is 0. The molecule has 0 aliphatic rings. The molecule has 0 saturated heterocycles. The molecule has 0 N–H and O–H groups in total. The van der Waals surface area contributed by atoms with Gasteiger partial charge < -0.3 is 4.74 Å². The first-order valence-corrected chi connectivity index (χ1v) is 5.07. The van der Waals surface area contributed by atoms with E-state index >= 15 is 0 Å². The zero-order chi connectivity index (χ0) is 11.3. The Hall–Kier alpha value is -1.29. The Balaban J connectivity index is 2.68. The van der Waals surface area contributed by atoms with E-state index in [9.17, 15) is 4.79 Å². The van der Waals surface area contributed by atoms with Gasteiger partial charge in [0.2, 0.25) is 0 Å². The molecule has 0 bridgehead atoms. The third kappa shape index (κ3) is 3.40. The van der Waals surface area contributed by atoms with E-state index in [0.29, 0.717) is 17.9 Å². The summed E-state index contributed by atoms with van der Waals surface area (Å²) in [6.45, 7) is 6.34. The molecule has 0 aliphatic carbocycles. The molecule has 0 atom stereocenters. The quantitative estimate of drug-likeness (QED) is 0.546. The van der Waals surface area contributed by atoms with Crippen LogP contribution in [0.1, 0.15) is 35.1 Å². The number of aromatic nitrogens is 2. The van der Waals surface area contributed by atoms with Gasteiger partial charge in [-0.1, -0.05) is 6.92 Å². The van der Waals surface area contributed by atoms with Crippen molar-refractivity contribution in [2.45, 2.75) is 27.2 Å². The van der Waals surface area contributed by atoms with Crippen molar-refractivity contribution in [2.24, 2.45) is 0 Å². The molecule has 4 heteroatoms. The summed E-state index contributed by atoms with van der Waals surface area (Å²) in [7, 11) is 0. The Morgan fingerprint density at radius 2 is 2.13 bits per heavy atom. The number of hydrogen-bond acceptors (Lipinski definition) is 4. The summed E-state index contributed by atoms with van der Waals surface area (Å²) in [6.07, 6.45) is 0.917.